The largest absolute Gasteiger partial charge is 0.495 e. The standard InChI is InChI=1S/C21H22N4O4S2/c1-29-14-8-4-3-7-13(14)25-19(27)17-12-6-2-5-9-15(12)31-18(17)24-21(25)30-11-10-16(26)23-20(22)28/h3-4,7-8H,2,5-6,9-11H2,1H3,(H3,22,23,26,28). The van der Waals surface area contributed by atoms with Crippen molar-refractivity contribution in [2.75, 3.05) is 12.9 Å². The first kappa shape index (κ1) is 21.4. The fourth-order valence-electron chi connectivity index (χ4n) is 3.75. The van der Waals surface area contributed by atoms with Gasteiger partial charge in [0, 0.05) is 17.1 Å². The molecule has 10 heteroatoms. The molecule has 0 fully saturated rings. The van der Waals surface area contributed by atoms with Crippen molar-refractivity contribution < 1.29 is 14.3 Å². The molecule has 1 aliphatic carbocycles. The minimum atomic E-state index is -0.885. The number of carbonyl (C=O) groups is 2. The highest BCUT2D eigenvalue weighted by atomic mass is 32.2. The van der Waals surface area contributed by atoms with Crippen LogP contribution in [0.15, 0.2) is 34.2 Å². The predicted molar refractivity (Wildman–Crippen MR) is 121 cm³/mol. The quantitative estimate of drug-likeness (QED) is 0.433. The lowest BCUT2D eigenvalue weighted by molar-refractivity contribution is -0.119. The van der Waals surface area contributed by atoms with Crippen LogP contribution in [-0.2, 0) is 17.6 Å². The first-order valence-electron chi connectivity index (χ1n) is 9.92. The van der Waals surface area contributed by atoms with E-state index in [4.69, 9.17) is 15.5 Å². The summed E-state index contributed by atoms with van der Waals surface area (Å²) in [5.41, 5.74) is 6.58. The predicted octanol–water partition coefficient (Wildman–Crippen LogP) is 3.01. The summed E-state index contributed by atoms with van der Waals surface area (Å²) in [7, 11) is 1.56. The van der Waals surface area contributed by atoms with Gasteiger partial charge in [0.25, 0.3) is 5.56 Å². The highest BCUT2D eigenvalue weighted by Crippen LogP contribution is 2.36. The zero-order chi connectivity index (χ0) is 22.0. The normalized spacial score (nSPS) is 13.1. The van der Waals surface area contributed by atoms with Crippen LogP contribution in [0.2, 0.25) is 0 Å². The second kappa shape index (κ2) is 9.11. The van der Waals surface area contributed by atoms with Crippen molar-refractivity contribution in [2.45, 2.75) is 37.3 Å². The third-order valence-electron chi connectivity index (χ3n) is 5.11. The Hall–Kier alpha value is -2.85. The number of rotatable bonds is 6. The summed E-state index contributed by atoms with van der Waals surface area (Å²) in [6.45, 7) is 0. The summed E-state index contributed by atoms with van der Waals surface area (Å²) in [4.78, 5) is 43.1. The van der Waals surface area contributed by atoms with E-state index in [2.05, 4.69) is 0 Å². The van der Waals surface area contributed by atoms with Gasteiger partial charge in [0.1, 0.15) is 10.6 Å². The number of urea groups is 1. The van der Waals surface area contributed by atoms with Crippen LogP contribution in [0.25, 0.3) is 15.9 Å². The molecule has 3 aromatic rings. The number of amides is 3. The van der Waals surface area contributed by atoms with Crippen LogP contribution in [-0.4, -0.2) is 34.4 Å². The Bertz CT molecular complexity index is 1220. The Labute approximate surface area is 186 Å². The summed E-state index contributed by atoms with van der Waals surface area (Å²) in [5.74, 6) is 0.416. The second-order valence-electron chi connectivity index (χ2n) is 7.11. The molecular weight excluding hydrogens is 436 g/mol. The molecule has 2 heterocycles. The lowest BCUT2D eigenvalue weighted by Gasteiger charge is -2.15. The smallest absolute Gasteiger partial charge is 0.318 e. The fourth-order valence-corrected chi connectivity index (χ4v) is 5.99. The van der Waals surface area contributed by atoms with Crippen molar-refractivity contribution in [3.05, 3.63) is 45.1 Å². The summed E-state index contributed by atoms with van der Waals surface area (Å²) in [6.07, 6.45) is 4.11. The van der Waals surface area contributed by atoms with Crippen molar-refractivity contribution in [2.24, 2.45) is 5.73 Å². The number of primary amides is 1. The average molecular weight is 459 g/mol. The van der Waals surface area contributed by atoms with E-state index in [1.807, 2.05) is 23.5 Å². The fraction of sp³-hybridized carbons (Fsp3) is 0.333. The number of fused-ring (bicyclic) bond motifs is 3. The van der Waals surface area contributed by atoms with Gasteiger partial charge in [-0.25, -0.2) is 9.78 Å². The summed E-state index contributed by atoms with van der Waals surface area (Å²) in [5, 5.41) is 3.21. The van der Waals surface area contributed by atoms with Crippen molar-refractivity contribution in [1.29, 1.82) is 0 Å². The molecule has 0 bridgehead atoms. The summed E-state index contributed by atoms with van der Waals surface area (Å²) in [6, 6.07) is 6.41. The Balaban J connectivity index is 1.80. The van der Waals surface area contributed by atoms with Crippen LogP contribution < -0.4 is 21.3 Å². The van der Waals surface area contributed by atoms with E-state index in [0.29, 0.717) is 27.7 Å². The molecule has 31 heavy (non-hydrogen) atoms. The van der Waals surface area contributed by atoms with Gasteiger partial charge in [-0.15, -0.1) is 11.3 Å². The molecule has 0 aliphatic heterocycles. The molecule has 3 N–H and O–H groups in total. The number of thioether (sulfide) groups is 1. The molecule has 0 unspecified atom stereocenters. The number of ether oxygens (including phenoxy) is 1. The molecule has 0 saturated heterocycles. The second-order valence-corrected chi connectivity index (χ2v) is 9.25. The topological polar surface area (TPSA) is 116 Å². The van der Waals surface area contributed by atoms with Crippen LogP contribution >= 0.6 is 23.1 Å². The maximum absolute atomic E-state index is 13.7. The maximum Gasteiger partial charge on any atom is 0.318 e. The van der Waals surface area contributed by atoms with Crippen LogP contribution in [0.4, 0.5) is 4.79 Å². The first-order chi connectivity index (χ1) is 15.0. The SMILES string of the molecule is COc1ccccc1-n1c(SCCC(=O)NC(N)=O)nc2sc3c(c2c1=O)CCCC3. The zero-order valence-corrected chi connectivity index (χ0v) is 18.6. The molecule has 8 nitrogen and oxygen atoms in total. The van der Waals surface area contributed by atoms with E-state index in [0.717, 1.165) is 36.1 Å². The van der Waals surface area contributed by atoms with Crippen LogP contribution in [0.5, 0.6) is 5.75 Å². The van der Waals surface area contributed by atoms with E-state index in [9.17, 15) is 14.4 Å². The Kier molecular flexibility index (Phi) is 6.28. The van der Waals surface area contributed by atoms with Gasteiger partial charge in [0.05, 0.1) is 18.2 Å². The number of nitrogens with one attached hydrogen (secondary N) is 1. The van der Waals surface area contributed by atoms with Crippen molar-refractivity contribution in [1.82, 2.24) is 14.9 Å². The van der Waals surface area contributed by atoms with E-state index >= 15 is 0 Å². The molecule has 162 valence electrons. The monoisotopic (exact) mass is 458 g/mol. The highest BCUT2D eigenvalue weighted by molar-refractivity contribution is 7.99. The average Bonchev–Trinajstić information content (AvgIpc) is 3.12. The number of methoxy groups -OCH3 is 1. The van der Waals surface area contributed by atoms with Gasteiger partial charge in [-0.05, 0) is 43.4 Å². The van der Waals surface area contributed by atoms with E-state index in [1.54, 1.807) is 29.1 Å². The zero-order valence-electron chi connectivity index (χ0n) is 17.0. The lowest BCUT2D eigenvalue weighted by Crippen LogP contribution is -2.35. The van der Waals surface area contributed by atoms with Crippen LogP contribution in [0.1, 0.15) is 29.7 Å². The van der Waals surface area contributed by atoms with Gasteiger partial charge in [0.2, 0.25) is 5.91 Å². The lowest BCUT2D eigenvalue weighted by atomic mass is 9.97. The number of benzene rings is 1. The van der Waals surface area contributed by atoms with Gasteiger partial charge < -0.3 is 10.5 Å². The van der Waals surface area contributed by atoms with Gasteiger partial charge in [-0.2, -0.15) is 0 Å². The molecule has 0 radical (unpaired) electrons. The molecule has 4 rings (SSSR count). The van der Waals surface area contributed by atoms with Gasteiger partial charge in [-0.3, -0.25) is 19.5 Å². The number of nitrogens with zero attached hydrogens (tertiary/aromatic N) is 2. The Morgan fingerprint density at radius 3 is 2.84 bits per heavy atom. The van der Waals surface area contributed by atoms with Crippen LogP contribution in [0, 0.1) is 0 Å². The number of nitrogens with two attached hydrogens (primary N) is 1. The van der Waals surface area contributed by atoms with E-state index in [-0.39, 0.29) is 12.0 Å². The molecule has 3 amide bonds. The van der Waals surface area contributed by atoms with Gasteiger partial charge in [0.15, 0.2) is 5.16 Å². The number of carbonyl (C=O) groups excluding carboxylic acids is 2. The van der Waals surface area contributed by atoms with E-state index < -0.39 is 11.9 Å². The number of hydrogen-bond acceptors (Lipinski definition) is 7. The molecule has 0 atom stereocenters. The molecular formula is C21H22N4O4S2. The number of imide groups is 1. The molecule has 1 aliphatic rings. The maximum atomic E-state index is 13.7. The highest BCUT2D eigenvalue weighted by Gasteiger charge is 2.24. The van der Waals surface area contributed by atoms with Crippen molar-refractivity contribution >= 4 is 45.3 Å². The number of aromatic nitrogens is 2. The number of para-hydroxylation sites is 2. The number of hydrogen-bond donors (Lipinski definition) is 2. The Morgan fingerprint density at radius 1 is 1.29 bits per heavy atom. The van der Waals surface area contributed by atoms with Crippen molar-refractivity contribution in [3.8, 4) is 11.4 Å². The number of thiophene rings is 1. The first-order valence-corrected chi connectivity index (χ1v) is 11.7. The Morgan fingerprint density at radius 2 is 2.06 bits per heavy atom. The molecule has 0 spiro atoms. The molecule has 2 aromatic heterocycles. The van der Waals surface area contributed by atoms with Crippen LogP contribution in [0.3, 0.4) is 0 Å². The van der Waals surface area contributed by atoms with Gasteiger partial charge in [-0.1, -0.05) is 23.9 Å². The van der Waals surface area contributed by atoms with Gasteiger partial charge >= 0.3 is 6.03 Å². The number of aryl methyl sites for hydroxylation is 2. The molecule has 0 saturated carbocycles. The summed E-state index contributed by atoms with van der Waals surface area (Å²) >= 11 is 2.86. The summed E-state index contributed by atoms with van der Waals surface area (Å²) < 4.78 is 7.06. The third kappa shape index (κ3) is 4.31. The molecule has 1 aromatic carbocycles. The minimum absolute atomic E-state index is 0.0639. The minimum Gasteiger partial charge on any atom is -0.495 e. The van der Waals surface area contributed by atoms with Crippen molar-refractivity contribution in [3.63, 3.8) is 0 Å². The third-order valence-corrected chi connectivity index (χ3v) is 7.23. The van der Waals surface area contributed by atoms with E-state index in [1.165, 1.54) is 16.6 Å².